The van der Waals surface area contributed by atoms with Gasteiger partial charge in [0.25, 0.3) is 5.91 Å². The second kappa shape index (κ2) is 7.62. The number of benzene rings is 3. The molecule has 0 saturated carbocycles. The fraction of sp³-hybridized carbons (Fsp3) is 0.0952. The van der Waals surface area contributed by atoms with E-state index in [-0.39, 0.29) is 11.7 Å². The zero-order valence-corrected chi connectivity index (χ0v) is 13.8. The van der Waals surface area contributed by atoms with Crippen LogP contribution in [0, 0.1) is 12.7 Å². The Hall–Kier alpha value is -3.14. The number of hydrogen-bond donors (Lipinski definition) is 1. The number of halogens is 1. The molecule has 3 aromatic rings. The van der Waals surface area contributed by atoms with Crippen LogP contribution in [0.25, 0.3) is 0 Å². The molecule has 1 N–H and O–H groups in total. The molecule has 0 radical (unpaired) electrons. The first-order valence-electron chi connectivity index (χ1n) is 7.96. The summed E-state index contributed by atoms with van der Waals surface area (Å²) in [6.45, 7) is 2.19. The van der Waals surface area contributed by atoms with Gasteiger partial charge in [-0.15, -0.1) is 0 Å². The van der Waals surface area contributed by atoms with Crippen LogP contribution in [0.15, 0.2) is 72.8 Å². The van der Waals surface area contributed by atoms with Crippen LogP contribution in [-0.4, -0.2) is 5.91 Å². The maximum atomic E-state index is 13.1. The van der Waals surface area contributed by atoms with Crippen molar-refractivity contribution >= 4 is 11.6 Å². The topological polar surface area (TPSA) is 38.3 Å². The summed E-state index contributed by atoms with van der Waals surface area (Å²) in [5.74, 6) is 0.250. The fourth-order valence-electron chi connectivity index (χ4n) is 2.40. The Kier molecular flexibility index (Phi) is 5.09. The highest BCUT2D eigenvalue weighted by molar-refractivity contribution is 6.04. The van der Waals surface area contributed by atoms with Crippen LogP contribution in [0.1, 0.15) is 21.5 Å². The molecule has 0 unspecified atom stereocenters. The standard InChI is InChI=1S/C21H18FNO2/c1-15-13-18(22)11-12-20(15)23-21(24)17-9-7-16(8-10-17)14-25-19-5-3-2-4-6-19/h2-13H,14H2,1H3,(H,23,24). The maximum Gasteiger partial charge on any atom is 0.255 e. The van der Waals surface area contributed by atoms with Crippen molar-refractivity contribution in [3.63, 3.8) is 0 Å². The van der Waals surface area contributed by atoms with E-state index < -0.39 is 0 Å². The van der Waals surface area contributed by atoms with E-state index in [0.717, 1.165) is 11.3 Å². The molecular formula is C21H18FNO2. The van der Waals surface area contributed by atoms with Gasteiger partial charge in [-0.05, 0) is 60.5 Å². The molecule has 0 bridgehead atoms. The predicted molar refractivity (Wildman–Crippen MR) is 96.3 cm³/mol. The number of anilines is 1. The number of rotatable bonds is 5. The summed E-state index contributed by atoms with van der Waals surface area (Å²) in [4.78, 5) is 12.3. The molecule has 0 heterocycles. The highest BCUT2D eigenvalue weighted by atomic mass is 19.1. The van der Waals surface area contributed by atoms with Gasteiger partial charge in [0.2, 0.25) is 0 Å². The molecule has 0 aliphatic heterocycles. The molecular weight excluding hydrogens is 317 g/mol. The number of carbonyl (C=O) groups is 1. The van der Waals surface area contributed by atoms with E-state index in [2.05, 4.69) is 5.32 Å². The molecule has 1 amide bonds. The molecule has 0 saturated heterocycles. The molecule has 3 nitrogen and oxygen atoms in total. The number of carbonyl (C=O) groups excluding carboxylic acids is 1. The Morgan fingerprint density at radius 2 is 1.72 bits per heavy atom. The Labute approximate surface area is 146 Å². The van der Waals surface area contributed by atoms with E-state index in [1.54, 1.807) is 25.1 Å². The van der Waals surface area contributed by atoms with E-state index in [0.29, 0.717) is 23.4 Å². The molecule has 3 rings (SSSR count). The van der Waals surface area contributed by atoms with Crippen LogP contribution in [0.5, 0.6) is 5.75 Å². The molecule has 0 aromatic heterocycles. The summed E-state index contributed by atoms with van der Waals surface area (Å²) in [6.07, 6.45) is 0. The Morgan fingerprint density at radius 1 is 1.00 bits per heavy atom. The first kappa shape index (κ1) is 16.7. The van der Waals surface area contributed by atoms with Crippen molar-refractivity contribution in [2.24, 2.45) is 0 Å². The van der Waals surface area contributed by atoms with Crippen LogP contribution in [-0.2, 0) is 6.61 Å². The SMILES string of the molecule is Cc1cc(F)ccc1NC(=O)c1ccc(COc2ccccc2)cc1. The Bertz CT molecular complexity index is 861. The second-order valence-electron chi connectivity index (χ2n) is 5.71. The molecule has 0 aliphatic carbocycles. The van der Waals surface area contributed by atoms with Crippen molar-refractivity contribution in [1.82, 2.24) is 0 Å². The minimum absolute atomic E-state index is 0.231. The van der Waals surface area contributed by atoms with Gasteiger partial charge in [0.05, 0.1) is 0 Å². The minimum Gasteiger partial charge on any atom is -0.489 e. The van der Waals surface area contributed by atoms with Gasteiger partial charge in [-0.2, -0.15) is 0 Å². The van der Waals surface area contributed by atoms with Crippen LogP contribution in [0.3, 0.4) is 0 Å². The van der Waals surface area contributed by atoms with E-state index in [1.165, 1.54) is 12.1 Å². The molecule has 126 valence electrons. The van der Waals surface area contributed by atoms with Gasteiger partial charge >= 0.3 is 0 Å². The lowest BCUT2D eigenvalue weighted by atomic mass is 10.1. The van der Waals surface area contributed by atoms with E-state index in [4.69, 9.17) is 4.74 Å². The van der Waals surface area contributed by atoms with Crippen molar-refractivity contribution in [2.75, 3.05) is 5.32 Å². The number of nitrogens with one attached hydrogen (secondary N) is 1. The lowest BCUT2D eigenvalue weighted by Gasteiger charge is -2.09. The van der Waals surface area contributed by atoms with Gasteiger partial charge in [-0.1, -0.05) is 30.3 Å². The zero-order valence-electron chi connectivity index (χ0n) is 13.8. The van der Waals surface area contributed by atoms with Gasteiger partial charge in [0.15, 0.2) is 0 Å². The van der Waals surface area contributed by atoms with Crippen molar-refractivity contribution in [3.8, 4) is 5.75 Å². The first-order valence-corrected chi connectivity index (χ1v) is 7.96. The van der Waals surface area contributed by atoms with Gasteiger partial charge in [-0.3, -0.25) is 4.79 Å². The zero-order chi connectivity index (χ0) is 17.6. The van der Waals surface area contributed by atoms with Crippen LogP contribution in [0.4, 0.5) is 10.1 Å². The van der Waals surface area contributed by atoms with Crippen molar-refractivity contribution in [1.29, 1.82) is 0 Å². The van der Waals surface area contributed by atoms with Crippen molar-refractivity contribution in [2.45, 2.75) is 13.5 Å². The van der Waals surface area contributed by atoms with E-state index in [1.807, 2.05) is 42.5 Å². The fourth-order valence-corrected chi connectivity index (χ4v) is 2.40. The average molecular weight is 335 g/mol. The highest BCUT2D eigenvalue weighted by Crippen LogP contribution is 2.17. The van der Waals surface area contributed by atoms with Gasteiger partial charge in [0.1, 0.15) is 18.2 Å². The summed E-state index contributed by atoms with van der Waals surface area (Å²) in [5, 5.41) is 2.79. The van der Waals surface area contributed by atoms with Gasteiger partial charge in [-0.25, -0.2) is 4.39 Å². The summed E-state index contributed by atoms with van der Waals surface area (Å²) < 4.78 is 18.8. The van der Waals surface area contributed by atoms with Crippen LogP contribution >= 0.6 is 0 Å². The average Bonchev–Trinajstić information content (AvgIpc) is 2.63. The van der Waals surface area contributed by atoms with Crippen molar-refractivity contribution < 1.29 is 13.9 Å². The number of hydrogen-bond acceptors (Lipinski definition) is 2. The van der Waals surface area contributed by atoms with Crippen LogP contribution < -0.4 is 10.1 Å². The lowest BCUT2D eigenvalue weighted by Crippen LogP contribution is -2.13. The van der Waals surface area contributed by atoms with Crippen molar-refractivity contribution in [3.05, 3.63) is 95.3 Å². The molecule has 0 fully saturated rings. The van der Waals surface area contributed by atoms with E-state index >= 15 is 0 Å². The summed E-state index contributed by atoms with van der Waals surface area (Å²) >= 11 is 0. The third-order valence-electron chi connectivity index (χ3n) is 3.80. The first-order chi connectivity index (χ1) is 12.1. The summed E-state index contributed by atoms with van der Waals surface area (Å²) in [6, 6.07) is 21.0. The third-order valence-corrected chi connectivity index (χ3v) is 3.80. The Balaban J connectivity index is 1.62. The number of aryl methyl sites for hydroxylation is 1. The number of para-hydroxylation sites is 1. The summed E-state index contributed by atoms with van der Waals surface area (Å²) in [7, 11) is 0. The quantitative estimate of drug-likeness (QED) is 0.715. The second-order valence-corrected chi connectivity index (χ2v) is 5.71. The highest BCUT2D eigenvalue weighted by Gasteiger charge is 2.08. The molecule has 0 aliphatic rings. The normalized spacial score (nSPS) is 10.3. The number of ether oxygens (including phenoxy) is 1. The monoisotopic (exact) mass is 335 g/mol. The van der Waals surface area contributed by atoms with E-state index in [9.17, 15) is 9.18 Å². The smallest absolute Gasteiger partial charge is 0.255 e. The number of amides is 1. The molecule has 4 heteroatoms. The third kappa shape index (κ3) is 4.44. The molecule has 25 heavy (non-hydrogen) atoms. The molecule has 3 aromatic carbocycles. The molecule has 0 atom stereocenters. The summed E-state index contributed by atoms with van der Waals surface area (Å²) in [5.41, 5.74) is 2.79. The largest absolute Gasteiger partial charge is 0.489 e. The van der Waals surface area contributed by atoms with Crippen LogP contribution in [0.2, 0.25) is 0 Å². The Morgan fingerprint density at radius 3 is 2.40 bits per heavy atom. The van der Waals surface area contributed by atoms with Gasteiger partial charge in [0, 0.05) is 11.3 Å². The molecule has 0 spiro atoms. The lowest BCUT2D eigenvalue weighted by molar-refractivity contribution is 0.102. The maximum absolute atomic E-state index is 13.1. The minimum atomic E-state index is -0.321. The van der Waals surface area contributed by atoms with Gasteiger partial charge < -0.3 is 10.1 Å². The predicted octanol–water partition coefficient (Wildman–Crippen LogP) is 4.97.